The number of nitrogens with zero attached hydrogens (tertiary/aromatic N) is 1. The second-order valence-electron chi connectivity index (χ2n) is 6.94. The van der Waals surface area contributed by atoms with Gasteiger partial charge in [0.2, 0.25) is 0 Å². The molecule has 2 aliphatic rings. The van der Waals surface area contributed by atoms with Gasteiger partial charge in [-0.2, -0.15) is 0 Å². The minimum absolute atomic E-state index is 0.222. The van der Waals surface area contributed by atoms with E-state index in [2.05, 4.69) is 0 Å². The Balaban J connectivity index is 1.66. The number of hydrogen-bond donors (Lipinski definition) is 1. The van der Waals surface area contributed by atoms with Crippen LogP contribution in [0.25, 0.3) is 0 Å². The Kier molecular flexibility index (Phi) is 4.91. The summed E-state index contributed by atoms with van der Waals surface area (Å²) in [5.41, 5.74) is -0.435. The first kappa shape index (κ1) is 15.6. The van der Waals surface area contributed by atoms with Crippen molar-refractivity contribution < 1.29 is 19.4 Å². The monoisotopic (exact) mass is 285 g/mol. The van der Waals surface area contributed by atoms with Gasteiger partial charge in [-0.15, -0.1) is 0 Å². The van der Waals surface area contributed by atoms with E-state index < -0.39 is 5.60 Å². The summed E-state index contributed by atoms with van der Waals surface area (Å²) in [6.45, 7) is 7.33. The van der Waals surface area contributed by atoms with Gasteiger partial charge in [-0.3, -0.25) is 0 Å². The third kappa shape index (κ3) is 4.35. The fraction of sp³-hybridized carbons (Fsp3) is 0.933. The van der Waals surface area contributed by atoms with E-state index in [0.29, 0.717) is 25.1 Å². The van der Waals surface area contributed by atoms with E-state index in [0.717, 1.165) is 25.7 Å². The van der Waals surface area contributed by atoms with Gasteiger partial charge in [-0.25, -0.2) is 4.79 Å². The Morgan fingerprint density at radius 1 is 1.20 bits per heavy atom. The van der Waals surface area contributed by atoms with Gasteiger partial charge in [0, 0.05) is 19.7 Å². The van der Waals surface area contributed by atoms with Gasteiger partial charge < -0.3 is 19.5 Å². The maximum absolute atomic E-state index is 11.9. The summed E-state index contributed by atoms with van der Waals surface area (Å²) in [7, 11) is 0. The van der Waals surface area contributed by atoms with Crippen LogP contribution in [0.2, 0.25) is 0 Å². The normalized spacial score (nSPS) is 28.1. The predicted molar refractivity (Wildman–Crippen MR) is 75.5 cm³/mol. The number of ether oxygens (including phenoxy) is 2. The Hall–Kier alpha value is -0.810. The molecule has 1 saturated carbocycles. The van der Waals surface area contributed by atoms with E-state index in [-0.39, 0.29) is 18.8 Å². The van der Waals surface area contributed by atoms with Crippen molar-refractivity contribution in [2.24, 2.45) is 5.92 Å². The van der Waals surface area contributed by atoms with E-state index >= 15 is 0 Å². The molecular formula is C15H27NO4. The van der Waals surface area contributed by atoms with Crippen LogP contribution in [0.3, 0.4) is 0 Å². The molecule has 5 nitrogen and oxygen atoms in total. The summed E-state index contributed by atoms with van der Waals surface area (Å²) >= 11 is 0. The fourth-order valence-electron chi connectivity index (χ4n) is 2.71. The van der Waals surface area contributed by atoms with Gasteiger partial charge in [0.05, 0.1) is 12.2 Å². The first-order valence-electron chi connectivity index (χ1n) is 7.61. The molecule has 0 aromatic heterocycles. The van der Waals surface area contributed by atoms with Crippen molar-refractivity contribution in [1.29, 1.82) is 0 Å². The van der Waals surface area contributed by atoms with Gasteiger partial charge in [-0.05, 0) is 52.4 Å². The molecule has 1 N–H and O–H groups in total. The number of carbonyl (C=O) groups is 1. The number of rotatable bonds is 3. The number of aliphatic hydroxyl groups is 1. The van der Waals surface area contributed by atoms with Crippen LogP contribution in [-0.2, 0) is 9.47 Å². The molecule has 1 amide bonds. The lowest BCUT2D eigenvalue weighted by molar-refractivity contribution is -0.101. The zero-order valence-corrected chi connectivity index (χ0v) is 12.8. The highest BCUT2D eigenvalue weighted by Crippen LogP contribution is 2.32. The van der Waals surface area contributed by atoms with E-state index in [1.165, 1.54) is 0 Å². The average Bonchev–Trinajstić information content (AvgIpc) is 2.31. The van der Waals surface area contributed by atoms with E-state index in [1.54, 1.807) is 4.90 Å². The molecule has 1 aliphatic heterocycles. The summed E-state index contributed by atoms with van der Waals surface area (Å²) < 4.78 is 11.4. The minimum atomic E-state index is -0.435. The summed E-state index contributed by atoms with van der Waals surface area (Å²) in [6, 6.07) is 0. The molecule has 0 aromatic rings. The van der Waals surface area contributed by atoms with E-state index in [1.807, 2.05) is 20.8 Å². The first-order valence-corrected chi connectivity index (χ1v) is 7.61. The topological polar surface area (TPSA) is 59.0 Å². The molecule has 20 heavy (non-hydrogen) atoms. The third-order valence-electron chi connectivity index (χ3n) is 3.93. The van der Waals surface area contributed by atoms with Crippen LogP contribution in [-0.4, -0.2) is 53.6 Å². The van der Waals surface area contributed by atoms with Crippen molar-refractivity contribution in [2.75, 3.05) is 19.7 Å². The molecular weight excluding hydrogens is 258 g/mol. The molecule has 2 rings (SSSR count). The Morgan fingerprint density at radius 2 is 1.80 bits per heavy atom. The van der Waals surface area contributed by atoms with Gasteiger partial charge in [-0.1, -0.05) is 0 Å². The molecule has 1 saturated heterocycles. The molecule has 1 heterocycles. The second kappa shape index (κ2) is 6.31. The predicted octanol–water partition coefficient (Wildman–Crippen LogP) is 2.17. The van der Waals surface area contributed by atoms with Gasteiger partial charge in [0.25, 0.3) is 0 Å². The van der Waals surface area contributed by atoms with E-state index in [9.17, 15) is 4.79 Å². The maximum Gasteiger partial charge on any atom is 0.410 e. The summed E-state index contributed by atoms with van der Waals surface area (Å²) in [4.78, 5) is 13.7. The number of piperidine rings is 1. The van der Waals surface area contributed by atoms with Crippen LogP contribution in [0.4, 0.5) is 4.79 Å². The molecule has 5 heteroatoms. The van der Waals surface area contributed by atoms with Gasteiger partial charge >= 0.3 is 6.09 Å². The van der Waals surface area contributed by atoms with Crippen LogP contribution in [0, 0.1) is 5.92 Å². The maximum atomic E-state index is 11.9. The molecule has 0 radical (unpaired) electrons. The first-order chi connectivity index (χ1) is 9.37. The highest BCUT2D eigenvalue weighted by molar-refractivity contribution is 5.68. The lowest BCUT2D eigenvalue weighted by atomic mass is 9.83. The summed E-state index contributed by atoms with van der Waals surface area (Å²) in [6.07, 6.45) is 4.04. The van der Waals surface area contributed by atoms with Crippen LogP contribution < -0.4 is 0 Å². The highest BCUT2D eigenvalue weighted by Gasteiger charge is 2.33. The van der Waals surface area contributed by atoms with Crippen molar-refractivity contribution in [3.05, 3.63) is 0 Å². The van der Waals surface area contributed by atoms with Crippen LogP contribution in [0.5, 0.6) is 0 Å². The highest BCUT2D eigenvalue weighted by atomic mass is 16.6. The fourth-order valence-corrected chi connectivity index (χ4v) is 2.71. The molecule has 0 spiro atoms. The molecule has 1 aliphatic carbocycles. The molecule has 2 fully saturated rings. The second-order valence-corrected chi connectivity index (χ2v) is 6.94. The SMILES string of the molecule is CC(C)(C)OC(=O)N1CCC(O[C@H]2C[C@H](CO)C2)CC1. The lowest BCUT2D eigenvalue weighted by Crippen LogP contribution is -2.45. The van der Waals surface area contributed by atoms with Gasteiger partial charge in [0.15, 0.2) is 0 Å². The van der Waals surface area contributed by atoms with Crippen molar-refractivity contribution in [3.63, 3.8) is 0 Å². The summed E-state index contributed by atoms with van der Waals surface area (Å²) in [5, 5.41) is 8.98. The minimum Gasteiger partial charge on any atom is -0.444 e. The lowest BCUT2D eigenvalue weighted by Gasteiger charge is -2.39. The molecule has 0 atom stereocenters. The van der Waals surface area contributed by atoms with Crippen molar-refractivity contribution in [1.82, 2.24) is 4.90 Å². The Morgan fingerprint density at radius 3 is 2.30 bits per heavy atom. The average molecular weight is 285 g/mol. The van der Waals surface area contributed by atoms with Crippen LogP contribution in [0.15, 0.2) is 0 Å². The van der Waals surface area contributed by atoms with Gasteiger partial charge in [0.1, 0.15) is 5.60 Å². The zero-order chi connectivity index (χ0) is 14.8. The van der Waals surface area contributed by atoms with Crippen molar-refractivity contribution in [2.45, 2.75) is 64.3 Å². The Bertz CT molecular complexity index is 325. The van der Waals surface area contributed by atoms with E-state index in [4.69, 9.17) is 14.6 Å². The largest absolute Gasteiger partial charge is 0.444 e. The molecule has 0 unspecified atom stereocenters. The molecule has 0 aromatic carbocycles. The number of aliphatic hydroxyl groups excluding tert-OH is 1. The smallest absolute Gasteiger partial charge is 0.410 e. The van der Waals surface area contributed by atoms with Crippen LogP contribution >= 0.6 is 0 Å². The van der Waals surface area contributed by atoms with Crippen LogP contribution in [0.1, 0.15) is 46.5 Å². The molecule has 116 valence electrons. The summed E-state index contributed by atoms with van der Waals surface area (Å²) in [5.74, 6) is 0.432. The number of likely N-dealkylation sites (tertiary alicyclic amines) is 1. The quantitative estimate of drug-likeness (QED) is 0.863. The number of amides is 1. The Labute approximate surface area is 121 Å². The van der Waals surface area contributed by atoms with Crippen molar-refractivity contribution in [3.8, 4) is 0 Å². The third-order valence-corrected chi connectivity index (χ3v) is 3.93. The number of carbonyl (C=O) groups excluding carboxylic acids is 1. The zero-order valence-electron chi connectivity index (χ0n) is 12.8. The standard InChI is InChI=1S/C15H27NO4/c1-15(2,3)20-14(18)16-6-4-12(5-7-16)19-13-8-11(9-13)10-17/h11-13,17H,4-10H2,1-3H3/t11-,13-. The van der Waals surface area contributed by atoms with Crippen molar-refractivity contribution >= 4 is 6.09 Å². The molecule has 0 bridgehead atoms. The number of hydrogen-bond acceptors (Lipinski definition) is 4.